The molecule has 4 nitrogen and oxygen atoms in total. The van der Waals surface area contributed by atoms with Crippen LogP contribution in [0.25, 0.3) is 0 Å². The van der Waals surface area contributed by atoms with Crippen molar-refractivity contribution in [3.05, 3.63) is 24.0 Å². The first-order valence-corrected chi connectivity index (χ1v) is 4.14. The van der Waals surface area contributed by atoms with E-state index in [-0.39, 0.29) is 5.75 Å². The Labute approximate surface area is 80.9 Å². The molecule has 1 amide bonds. The van der Waals surface area contributed by atoms with Crippen LogP contribution in [0.5, 0.6) is 5.75 Å². The maximum Gasteiger partial charge on any atom is 0.410 e. The highest BCUT2D eigenvalue weighted by Gasteiger charge is 2.06. The Morgan fingerprint density at radius 1 is 1.64 bits per heavy atom. The van der Waals surface area contributed by atoms with Crippen LogP contribution in [-0.2, 0) is 0 Å². The third kappa shape index (κ3) is 2.62. The number of carbonyl (C=O) groups is 1. The predicted molar refractivity (Wildman–Crippen MR) is 50.8 cm³/mol. The third-order valence-corrected chi connectivity index (χ3v) is 1.52. The lowest BCUT2D eigenvalue weighted by molar-refractivity contribution is 0.211. The number of anilines is 1. The Hall–Kier alpha value is -1.78. The van der Waals surface area contributed by atoms with Gasteiger partial charge in [-0.05, 0) is 19.1 Å². The number of primary amides is 1. The molecule has 0 spiro atoms. The second kappa shape index (κ2) is 4.45. The Balaban J connectivity index is 2.96. The maximum absolute atomic E-state index is 12.8. The summed E-state index contributed by atoms with van der Waals surface area (Å²) in [6.07, 6.45) is -0.963. The van der Waals surface area contributed by atoms with Crippen LogP contribution >= 0.6 is 0 Å². The van der Waals surface area contributed by atoms with Crippen molar-refractivity contribution in [1.29, 1.82) is 0 Å². The van der Waals surface area contributed by atoms with Crippen molar-refractivity contribution in [2.24, 2.45) is 5.73 Å². The van der Waals surface area contributed by atoms with E-state index in [1.807, 2.05) is 6.92 Å². The fourth-order valence-electron chi connectivity index (χ4n) is 1.03. The van der Waals surface area contributed by atoms with Crippen LogP contribution < -0.4 is 15.8 Å². The quantitative estimate of drug-likeness (QED) is 0.777. The molecule has 0 heterocycles. The van der Waals surface area contributed by atoms with Gasteiger partial charge in [0.15, 0.2) is 5.75 Å². The lowest BCUT2D eigenvalue weighted by Gasteiger charge is -2.09. The molecule has 1 aromatic carbocycles. The molecule has 14 heavy (non-hydrogen) atoms. The van der Waals surface area contributed by atoms with Gasteiger partial charge in [-0.25, -0.2) is 9.18 Å². The summed E-state index contributed by atoms with van der Waals surface area (Å²) in [5.74, 6) is -0.387. The molecule has 0 aliphatic heterocycles. The first kappa shape index (κ1) is 10.3. The summed E-state index contributed by atoms with van der Waals surface area (Å²) in [6, 6.07) is 3.85. The molecule has 0 atom stereocenters. The fraction of sp³-hybridized carbons (Fsp3) is 0.222. The van der Waals surface area contributed by atoms with Crippen LogP contribution in [0, 0.1) is 5.82 Å². The molecular weight excluding hydrogens is 187 g/mol. The number of halogens is 1. The molecule has 1 aromatic rings. The van der Waals surface area contributed by atoms with Gasteiger partial charge in [0.1, 0.15) is 5.82 Å². The van der Waals surface area contributed by atoms with Gasteiger partial charge < -0.3 is 15.8 Å². The lowest BCUT2D eigenvalue weighted by Crippen LogP contribution is -2.17. The third-order valence-electron chi connectivity index (χ3n) is 1.52. The summed E-state index contributed by atoms with van der Waals surface area (Å²) >= 11 is 0. The highest BCUT2D eigenvalue weighted by atomic mass is 19.1. The monoisotopic (exact) mass is 198 g/mol. The number of ether oxygens (including phenoxy) is 1. The van der Waals surface area contributed by atoms with Crippen molar-refractivity contribution < 1.29 is 13.9 Å². The summed E-state index contributed by atoms with van der Waals surface area (Å²) in [5, 5.41) is 2.91. The number of hydrogen-bond donors (Lipinski definition) is 2. The van der Waals surface area contributed by atoms with Gasteiger partial charge in [-0.1, -0.05) is 0 Å². The Morgan fingerprint density at radius 2 is 2.36 bits per heavy atom. The van der Waals surface area contributed by atoms with Gasteiger partial charge in [0.25, 0.3) is 0 Å². The van der Waals surface area contributed by atoms with Gasteiger partial charge in [0.2, 0.25) is 0 Å². The second-order valence-corrected chi connectivity index (χ2v) is 2.59. The smallest absolute Gasteiger partial charge is 0.408 e. The zero-order valence-electron chi connectivity index (χ0n) is 7.71. The van der Waals surface area contributed by atoms with E-state index in [2.05, 4.69) is 10.1 Å². The largest absolute Gasteiger partial charge is 0.410 e. The first-order chi connectivity index (χ1) is 6.63. The molecule has 76 valence electrons. The minimum absolute atomic E-state index is 0.0966. The summed E-state index contributed by atoms with van der Waals surface area (Å²) in [5.41, 5.74) is 5.36. The predicted octanol–water partition coefficient (Wildman–Crippen LogP) is 1.71. The van der Waals surface area contributed by atoms with E-state index in [1.165, 1.54) is 12.1 Å². The minimum atomic E-state index is -0.963. The number of benzene rings is 1. The van der Waals surface area contributed by atoms with E-state index in [9.17, 15) is 9.18 Å². The normalized spacial score (nSPS) is 9.57. The number of hydrogen-bond acceptors (Lipinski definition) is 3. The molecule has 1 rings (SSSR count). The van der Waals surface area contributed by atoms with Crippen molar-refractivity contribution in [3.63, 3.8) is 0 Å². The van der Waals surface area contributed by atoms with Crippen molar-refractivity contribution in [2.45, 2.75) is 6.92 Å². The highest BCUT2D eigenvalue weighted by molar-refractivity contribution is 5.71. The van der Waals surface area contributed by atoms with Gasteiger partial charge in [0, 0.05) is 12.6 Å². The van der Waals surface area contributed by atoms with Crippen LogP contribution in [0.15, 0.2) is 18.2 Å². The summed E-state index contributed by atoms with van der Waals surface area (Å²) in [6.45, 7) is 2.51. The fourth-order valence-corrected chi connectivity index (χ4v) is 1.03. The van der Waals surface area contributed by atoms with E-state index in [0.717, 1.165) is 6.07 Å². The molecule has 0 fully saturated rings. The van der Waals surface area contributed by atoms with Crippen LogP contribution in [-0.4, -0.2) is 12.6 Å². The summed E-state index contributed by atoms with van der Waals surface area (Å²) < 4.78 is 17.4. The zero-order valence-corrected chi connectivity index (χ0v) is 7.71. The number of rotatable bonds is 3. The molecule has 0 aliphatic carbocycles. The van der Waals surface area contributed by atoms with Gasteiger partial charge in [0.05, 0.1) is 5.69 Å². The lowest BCUT2D eigenvalue weighted by atomic mass is 10.3. The number of nitrogens with one attached hydrogen (secondary N) is 1. The Bertz CT molecular complexity index is 342. The average Bonchev–Trinajstić information content (AvgIpc) is 2.09. The van der Waals surface area contributed by atoms with Crippen molar-refractivity contribution in [1.82, 2.24) is 0 Å². The molecule has 3 N–H and O–H groups in total. The van der Waals surface area contributed by atoms with Crippen molar-refractivity contribution >= 4 is 11.8 Å². The van der Waals surface area contributed by atoms with Gasteiger partial charge >= 0.3 is 6.09 Å². The number of nitrogens with two attached hydrogens (primary N) is 1. The van der Waals surface area contributed by atoms with Crippen LogP contribution in [0.3, 0.4) is 0 Å². The first-order valence-electron chi connectivity index (χ1n) is 4.14. The maximum atomic E-state index is 12.8. The van der Waals surface area contributed by atoms with Crippen molar-refractivity contribution in [2.75, 3.05) is 11.9 Å². The molecule has 0 aliphatic rings. The molecule has 0 saturated heterocycles. The molecule has 0 bridgehead atoms. The van der Waals surface area contributed by atoms with Crippen LogP contribution in [0.1, 0.15) is 6.92 Å². The average molecular weight is 198 g/mol. The van der Waals surface area contributed by atoms with Gasteiger partial charge in [-0.15, -0.1) is 0 Å². The molecular formula is C9H11FN2O2. The van der Waals surface area contributed by atoms with E-state index in [1.54, 1.807) is 0 Å². The second-order valence-electron chi connectivity index (χ2n) is 2.59. The van der Waals surface area contributed by atoms with E-state index >= 15 is 0 Å². The number of amides is 1. The topological polar surface area (TPSA) is 64.3 Å². The molecule has 0 radical (unpaired) electrons. The minimum Gasteiger partial charge on any atom is -0.408 e. The SMILES string of the molecule is CCNc1ccc(F)cc1OC(N)=O. The van der Waals surface area contributed by atoms with E-state index < -0.39 is 11.9 Å². The number of carbonyl (C=O) groups excluding carboxylic acids is 1. The standard InChI is InChI=1S/C9H11FN2O2/c1-2-12-7-4-3-6(10)5-8(7)14-9(11)13/h3-5,12H,2H2,1H3,(H2,11,13). The summed E-state index contributed by atoms with van der Waals surface area (Å²) in [7, 11) is 0. The van der Waals surface area contributed by atoms with E-state index in [0.29, 0.717) is 12.2 Å². The van der Waals surface area contributed by atoms with Crippen LogP contribution in [0.2, 0.25) is 0 Å². The summed E-state index contributed by atoms with van der Waals surface area (Å²) in [4.78, 5) is 10.5. The molecule has 0 unspecified atom stereocenters. The Morgan fingerprint density at radius 3 is 2.93 bits per heavy atom. The zero-order chi connectivity index (χ0) is 10.6. The highest BCUT2D eigenvalue weighted by Crippen LogP contribution is 2.25. The van der Waals surface area contributed by atoms with Crippen molar-refractivity contribution in [3.8, 4) is 5.75 Å². The van der Waals surface area contributed by atoms with E-state index in [4.69, 9.17) is 5.73 Å². The van der Waals surface area contributed by atoms with Gasteiger partial charge in [-0.2, -0.15) is 0 Å². The molecule has 0 saturated carbocycles. The van der Waals surface area contributed by atoms with Gasteiger partial charge in [-0.3, -0.25) is 0 Å². The van der Waals surface area contributed by atoms with Crippen LogP contribution in [0.4, 0.5) is 14.9 Å². The molecule has 5 heteroatoms. The Kier molecular flexibility index (Phi) is 3.28. The molecule has 0 aromatic heterocycles.